The smallest absolute Gasteiger partial charge is 0.0174 e. The van der Waals surface area contributed by atoms with Gasteiger partial charge >= 0.3 is 0 Å². The fourth-order valence-corrected chi connectivity index (χ4v) is 2.83. The first-order chi connectivity index (χ1) is 8.55. The zero-order valence-corrected chi connectivity index (χ0v) is 11.9. The third-order valence-electron chi connectivity index (χ3n) is 4.36. The number of rotatable bonds is 6. The highest BCUT2D eigenvalue weighted by Gasteiger charge is 2.35. The molecule has 1 aliphatic carbocycles. The van der Waals surface area contributed by atoms with Crippen LogP contribution >= 0.6 is 0 Å². The van der Waals surface area contributed by atoms with E-state index < -0.39 is 0 Å². The zero-order chi connectivity index (χ0) is 13.2. The molecule has 0 radical (unpaired) electrons. The van der Waals surface area contributed by atoms with Crippen LogP contribution in [0.1, 0.15) is 25.8 Å². The van der Waals surface area contributed by atoms with Crippen molar-refractivity contribution >= 4 is 0 Å². The Balaban J connectivity index is 1.99. The van der Waals surface area contributed by atoms with Gasteiger partial charge in [0.15, 0.2) is 0 Å². The maximum Gasteiger partial charge on any atom is 0.0174 e. The van der Waals surface area contributed by atoms with Gasteiger partial charge in [0, 0.05) is 25.0 Å². The molecule has 2 nitrogen and oxygen atoms in total. The molecule has 0 bridgehead atoms. The van der Waals surface area contributed by atoms with Crippen LogP contribution in [-0.4, -0.2) is 31.6 Å². The third-order valence-corrected chi connectivity index (χ3v) is 4.36. The monoisotopic (exact) mass is 246 g/mol. The molecular weight excluding hydrogens is 220 g/mol. The van der Waals surface area contributed by atoms with Crippen LogP contribution in [0.25, 0.3) is 0 Å². The predicted octanol–water partition coefficient (Wildman–Crippen LogP) is 2.49. The highest BCUT2D eigenvalue weighted by molar-refractivity contribution is 5.25. The van der Waals surface area contributed by atoms with E-state index in [0.29, 0.717) is 6.54 Å². The van der Waals surface area contributed by atoms with Gasteiger partial charge in [-0.25, -0.2) is 0 Å². The fraction of sp³-hybridized carbons (Fsp3) is 0.625. The van der Waals surface area contributed by atoms with Crippen molar-refractivity contribution in [1.29, 1.82) is 0 Å². The molecule has 2 rings (SSSR count). The molecule has 2 N–H and O–H groups in total. The Kier molecular flexibility index (Phi) is 4.08. The predicted molar refractivity (Wildman–Crippen MR) is 77.6 cm³/mol. The molecule has 1 aromatic carbocycles. The van der Waals surface area contributed by atoms with Crippen LogP contribution in [0.15, 0.2) is 30.3 Å². The number of benzene rings is 1. The van der Waals surface area contributed by atoms with E-state index in [0.717, 1.165) is 18.4 Å². The van der Waals surface area contributed by atoms with Gasteiger partial charge in [0.2, 0.25) is 0 Å². The van der Waals surface area contributed by atoms with E-state index >= 15 is 0 Å². The summed E-state index contributed by atoms with van der Waals surface area (Å²) < 4.78 is 0. The molecule has 0 aliphatic heterocycles. The van der Waals surface area contributed by atoms with Gasteiger partial charge in [-0.15, -0.1) is 0 Å². The Morgan fingerprint density at radius 3 is 2.44 bits per heavy atom. The molecule has 18 heavy (non-hydrogen) atoms. The minimum atomic E-state index is 0.0636. The summed E-state index contributed by atoms with van der Waals surface area (Å²) >= 11 is 0. The maximum absolute atomic E-state index is 6.03. The van der Waals surface area contributed by atoms with Crippen LogP contribution < -0.4 is 5.73 Å². The summed E-state index contributed by atoms with van der Waals surface area (Å²) in [4.78, 5) is 2.45. The van der Waals surface area contributed by atoms with Crippen molar-refractivity contribution in [1.82, 2.24) is 4.90 Å². The summed E-state index contributed by atoms with van der Waals surface area (Å²) in [6.45, 7) is 7.56. The number of nitrogens with zero attached hydrogens (tertiary/aromatic N) is 1. The molecular formula is C16H26N2. The molecule has 0 saturated heterocycles. The van der Waals surface area contributed by atoms with Crippen molar-refractivity contribution in [2.24, 2.45) is 17.6 Å². The van der Waals surface area contributed by atoms with E-state index in [-0.39, 0.29) is 5.41 Å². The molecule has 0 aromatic heterocycles. The number of likely N-dealkylation sites (N-methyl/N-ethyl adjacent to an activating group) is 1. The van der Waals surface area contributed by atoms with E-state index in [1.54, 1.807) is 0 Å². The molecule has 100 valence electrons. The van der Waals surface area contributed by atoms with Crippen molar-refractivity contribution in [3.05, 3.63) is 35.9 Å². The molecule has 1 saturated carbocycles. The number of nitrogens with two attached hydrogens (primary N) is 1. The lowest BCUT2D eigenvalue weighted by Gasteiger charge is -2.33. The molecule has 3 atom stereocenters. The van der Waals surface area contributed by atoms with Crippen LogP contribution in [0, 0.1) is 11.8 Å². The van der Waals surface area contributed by atoms with Crippen molar-refractivity contribution in [3.8, 4) is 0 Å². The van der Waals surface area contributed by atoms with Crippen LogP contribution in [0.4, 0.5) is 0 Å². The van der Waals surface area contributed by atoms with Crippen molar-refractivity contribution in [3.63, 3.8) is 0 Å². The maximum atomic E-state index is 6.03. The van der Waals surface area contributed by atoms with Crippen molar-refractivity contribution < 1.29 is 0 Å². The third kappa shape index (κ3) is 3.12. The first kappa shape index (κ1) is 13.6. The fourth-order valence-electron chi connectivity index (χ4n) is 2.83. The van der Waals surface area contributed by atoms with E-state index in [1.807, 2.05) is 0 Å². The number of hydrogen-bond acceptors (Lipinski definition) is 2. The largest absolute Gasteiger partial charge is 0.330 e. The highest BCUT2D eigenvalue weighted by atomic mass is 15.1. The molecule has 1 aromatic rings. The Labute approximate surface area is 111 Å². The lowest BCUT2D eigenvalue weighted by atomic mass is 9.82. The van der Waals surface area contributed by atoms with Gasteiger partial charge in [-0.3, -0.25) is 0 Å². The highest BCUT2D eigenvalue weighted by Crippen LogP contribution is 2.38. The number of hydrogen-bond donors (Lipinski definition) is 1. The van der Waals surface area contributed by atoms with Crippen molar-refractivity contribution in [2.45, 2.75) is 25.7 Å². The molecule has 2 heteroatoms. The molecule has 0 heterocycles. The van der Waals surface area contributed by atoms with Gasteiger partial charge in [0.05, 0.1) is 0 Å². The first-order valence-corrected chi connectivity index (χ1v) is 6.99. The Morgan fingerprint density at radius 1 is 1.33 bits per heavy atom. The lowest BCUT2D eigenvalue weighted by Crippen LogP contribution is -2.43. The second-order valence-electron chi connectivity index (χ2n) is 6.30. The topological polar surface area (TPSA) is 29.3 Å². The van der Waals surface area contributed by atoms with Gasteiger partial charge < -0.3 is 10.6 Å². The van der Waals surface area contributed by atoms with E-state index in [4.69, 9.17) is 5.73 Å². The van der Waals surface area contributed by atoms with Crippen LogP contribution in [0.3, 0.4) is 0 Å². The normalized spacial score (nSPS) is 26.1. The summed E-state index contributed by atoms with van der Waals surface area (Å²) in [6.07, 6.45) is 1.40. The lowest BCUT2D eigenvalue weighted by molar-refractivity contribution is 0.248. The first-order valence-electron chi connectivity index (χ1n) is 6.99. The minimum absolute atomic E-state index is 0.0636. The molecule has 1 aliphatic rings. The quantitative estimate of drug-likeness (QED) is 0.835. The second kappa shape index (κ2) is 5.41. The van der Waals surface area contributed by atoms with Gasteiger partial charge in [-0.05, 0) is 30.9 Å². The summed E-state index contributed by atoms with van der Waals surface area (Å²) in [5, 5.41) is 0. The summed E-state index contributed by atoms with van der Waals surface area (Å²) in [6, 6.07) is 10.7. The average Bonchev–Trinajstić information content (AvgIpc) is 3.05. The van der Waals surface area contributed by atoms with Crippen molar-refractivity contribution in [2.75, 3.05) is 26.7 Å². The molecule has 1 fully saturated rings. The second-order valence-corrected chi connectivity index (χ2v) is 6.30. The van der Waals surface area contributed by atoms with Gasteiger partial charge in [0.25, 0.3) is 0 Å². The summed E-state index contributed by atoms with van der Waals surface area (Å²) in [7, 11) is 2.22. The standard InChI is InChI=1S/C16H26N2/c1-13-9-14(13)10-18(3)12-16(2,11-17)15-7-5-4-6-8-15/h4-8,13-14H,9-12,17H2,1-3H3. The summed E-state index contributed by atoms with van der Waals surface area (Å²) in [5.41, 5.74) is 7.45. The average molecular weight is 246 g/mol. The molecule has 0 amide bonds. The van der Waals surface area contributed by atoms with Gasteiger partial charge in [-0.1, -0.05) is 44.2 Å². The Bertz CT molecular complexity index is 376. The SMILES string of the molecule is CC1CC1CN(C)CC(C)(CN)c1ccccc1. The Morgan fingerprint density at radius 2 is 1.94 bits per heavy atom. The minimum Gasteiger partial charge on any atom is -0.330 e. The van der Waals surface area contributed by atoms with Gasteiger partial charge in [0.1, 0.15) is 0 Å². The van der Waals surface area contributed by atoms with E-state index in [2.05, 4.69) is 56.1 Å². The van der Waals surface area contributed by atoms with Crippen LogP contribution in [-0.2, 0) is 5.41 Å². The van der Waals surface area contributed by atoms with Gasteiger partial charge in [-0.2, -0.15) is 0 Å². The molecule has 0 spiro atoms. The Hall–Kier alpha value is -0.860. The molecule has 3 unspecified atom stereocenters. The summed E-state index contributed by atoms with van der Waals surface area (Å²) in [5.74, 6) is 1.83. The van der Waals surface area contributed by atoms with E-state index in [1.165, 1.54) is 18.5 Å². The van der Waals surface area contributed by atoms with E-state index in [9.17, 15) is 0 Å². The van der Waals surface area contributed by atoms with Crippen LogP contribution in [0.2, 0.25) is 0 Å². The zero-order valence-electron chi connectivity index (χ0n) is 11.9. The van der Waals surface area contributed by atoms with Crippen LogP contribution in [0.5, 0.6) is 0 Å².